The van der Waals surface area contributed by atoms with Crippen molar-refractivity contribution in [2.75, 3.05) is 10.5 Å². The molecule has 0 spiro atoms. The van der Waals surface area contributed by atoms with Gasteiger partial charge in [0, 0.05) is 17.1 Å². The summed E-state index contributed by atoms with van der Waals surface area (Å²) >= 11 is 5.95. The van der Waals surface area contributed by atoms with Crippen molar-refractivity contribution in [3.63, 3.8) is 0 Å². The van der Waals surface area contributed by atoms with Crippen LogP contribution in [-0.2, 0) is 20.0 Å². The SMILES string of the molecule is CCS(=O)(=O)Nc1ccc(C2=NN(S(=O)(=O)c3ccc(Cl)cc3)[C@@H](c3ccc(C)cc3)C2)cc1. The number of benzene rings is 3. The third-order valence-electron chi connectivity index (χ3n) is 5.56. The summed E-state index contributed by atoms with van der Waals surface area (Å²) < 4.78 is 54.3. The molecule has 1 N–H and O–H groups in total. The minimum atomic E-state index is -3.94. The van der Waals surface area contributed by atoms with Crippen LogP contribution in [0.4, 0.5) is 5.69 Å². The van der Waals surface area contributed by atoms with E-state index >= 15 is 0 Å². The molecule has 7 nitrogen and oxygen atoms in total. The summed E-state index contributed by atoms with van der Waals surface area (Å²) in [6, 6.07) is 19.9. The highest BCUT2D eigenvalue weighted by Gasteiger charge is 2.37. The maximum Gasteiger partial charge on any atom is 0.279 e. The number of rotatable bonds is 7. The quantitative estimate of drug-likeness (QED) is 0.479. The van der Waals surface area contributed by atoms with Crippen LogP contribution in [0.1, 0.15) is 36.1 Å². The molecular weight excluding hydrogens is 494 g/mol. The molecular formula is C24H24ClN3O4S2. The van der Waals surface area contributed by atoms with Gasteiger partial charge in [0.05, 0.1) is 22.4 Å². The lowest BCUT2D eigenvalue weighted by Crippen LogP contribution is -2.27. The first-order chi connectivity index (χ1) is 16.1. The molecule has 10 heteroatoms. The second kappa shape index (κ2) is 9.40. The second-order valence-corrected chi connectivity index (χ2v) is 12.2. The van der Waals surface area contributed by atoms with E-state index in [9.17, 15) is 16.8 Å². The molecule has 3 aromatic rings. The summed E-state index contributed by atoms with van der Waals surface area (Å²) in [7, 11) is -7.34. The number of halogens is 1. The van der Waals surface area contributed by atoms with Crippen LogP contribution < -0.4 is 4.72 Å². The van der Waals surface area contributed by atoms with Gasteiger partial charge in [0.15, 0.2) is 0 Å². The van der Waals surface area contributed by atoms with Crippen LogP contribution in [0.3, 0.4) is 0 Å². The second-order valence-electron chi connectivity index (χ2n) is 7.99. The first-order valence-corrected chi connectivity index (χ1v) is 14.1. The van der Waals surface area contributed by atoms with Gasteiger partial charge in [0.1, 0.15) is 0 Å². The summed E-state index contributed by atoms with van der Waals surface area (Å²) in [6.07, 6.45) is 0.371. The van der Waals surface area contributed by atoms with Crippen LogP contribution in [0.5, 0.6) is 0 Å². The molecule has 0 aromatic heterocycles. The van der Waals surface area contributed by atoms with Crippen LogP contribution in [0.15, 0.2) is 82.8 Å². The van der Waals surface area contributed by atoms with Crippen LogP contribution >= 0.6 is 11.6 Å². The third-order valence-corrected chi connectivity index (χ3v) is 8.82. The standard InChI is InChI=1S/C24H24ClN3O4S2/c1-3-33(29,30)27-21-12-8-18(9-13-21)23-16-24(19-6-4-17(2)5-7-19)28(26-23)34(31,32)22-14-10-20(25)11-15-22/h4-15,24,27H,3,16H2,1-2H3/t24-/m1/s1. The topological polar surface area (TPSA) is 95.9 Å². The van der Waals surface area contributed by atoms with Crippen molar-refractivity contribution in [1.82, 2.24) is 4.41 Å². The highest BCUT2D eigenvalue weighted by Crippen LogP contribution is 2.37. The zero-order chi connectivity index (χ0) is 24.5. The van der Waals surface area contributed by atoms with Crippen molar-refractivity contribution >= 4 is 43.0 Å². The molecule has 1 heterocycles. The van der Waals surface area contributed by atoms with Crippen LogP contribution in [-0.4, -0.2) is 32.7 Å². The molecule has 178 valence electrons. The predicted molar refractivity (Wildman–Crippen MR) is 135 cm³/mol. The molecule has 4 rings (SSSR count). The molecule has 0 unspecified atom stereocenters. The summed E-state index contributed by atoms with van der Waals surface area (Å²) in [5.74, 6) is -0.0305. The van der Waals surface area contributed by atoms with Crippen molar-refractivity contribution in [1.29, 1.82) is 0 Å². The Morgan fingerprint density at radius 1 is 0.941 bits per heavy atom. The first-order valence-electron chi connectivity index (χ1n) is 10.6. The molecule has 0 saturated heterocycles. The maximum absolute atomic E-state index is 13.5. The first kappa shape index (κ1) is 24.3. The van der Waals surface area contributed by atoms with E-state index in [0.717, 1.165) is 15.5 Å². The number of anilines is 1. The van der Waals surface area contributed by atoms with E-state index in [2.05, 4.69) is 9.82 Å². The van der Waals surface area contributed by atoms with Gasteiger partial charge in [0.25, 0.3) is 10.0 Å². The smallest absolute Gasteiger partial charge is 0.279 e. The molecule has 34 heavy (non-hydrogen) atoms. The lowest BCUT2D eigenvalue weighted by molar-refractivity contribution is 0.371. The minimum Gasteiger partial charge on any atom is -0.284 e. The van der Waals surface area contributed by atoms with Crippen LogP contribution in [0.25, 0.3) is 0 Å². The zero-order valence-electron chi connectivity index (χ0n) is 18.6. The van der Waals surface area contributed by atoms with E-state index in [1.54, 1.807) is 31.2 Å². The minimum absolute atomic E-state index is 0.0305. The number of hydrogen-bond donors (Lipinski definition) is 1. The highest BCUT2D eigenvalue weighted by molar-refractivity contribution is 7.92. The van der Waals surface area contributed by atoms with Crippen molar-refractivity contribution in [2.45, 2.75) is 31.2 Å². The van der Waals surface area contributed by atoms with Gasteiger partial charge in [-0.15, -0.1) is 0 Å². The van der Waals surface area contributed by atoms with Gasteiger partial charge in [-0.1, -0.05) is 53.6 Å². The molecule has 3 aromatic carbocycles. The fourth-order valence-corrected chi connectivity index (χ4v) is 5.82. The van der Waals surface area contributed by atoms with Crippen LogP contribution in [0.2, 0.25) is 5.02 Å². The van der Waals surface area contributed by atoms with Crippen LogP contribution in [0, 0.1) is 6.92 Å². The fraction of sp³-hybridized carbons (Fsp3) is 0.208. The monoisotopic (exact) mass is 517 g/mol. The Kier molecular flexibility index (Phi) is 6.71. The highest BCUT2D eigenvalue weighted by atomic mass is 35.5. The van der Waals surface area contributed by atoms with E-state index in [0.29, 0.717) is 28.4 Å². The lowest BCUT2D eigenvalue weighted by atomic mass is 9.98. The van der Waals surface area contributed by atoms with E-state index in [4.69, 9.17) is 11.6 Å². The zero-order valence-corrected chi connectivity index (χ0v) is 21.0. The van der Waals surface area contributed by atoms with E-state index in [-0.39, 0.29) is 10.6 Å². The average molecular weight is 518 g/mol. The van der Waals surface area contributed by atoms with Gasteiger partial charge < -0.3 is 0 Å². The number of nitrogens with zero attached hydrogens (tertiary/aromatic N) is 2. The third kappa shape index (κ3) is 5.11. The van der Waals surface area contributed by atoms with Gasteiger partial charge in [-0.25, -0.2) is 8.42 Å². The van der Waals surface area contributed by atoms with E-state index in [1.165, 1.54) is 24.3 Å². The van der Waals surface area contributed by atoms with Gasteiger partial charge in [-0.05, 0) is 61.4 Å². The number of hydrazone groups is 1. The van der Waals surface area contributed by atoms with E-state index in [1.807, 2.05) is 31.2 Å². The fourth-order valence-electron chi connectivity index (χ4n) is 3.62. The molecule has 1 aliphatic rings. The van der Waals surface area contributed by atoms with Crippen molar-refractivity contribution in [2.24, 2.45) is 5.10 Å². The number of nitrogens with one attached hydrogen (secondary N) is 1. The van der Waals surface area contributed by atoms with Gasteiger partial charge in [-0.3, -0.25) is 4.72 Å². The number of aryl methyl sites for hydroxylation is 1. The van der Waals surface area contributed by atoms with Crippen molar-refractivity contribution < 1.29 is 16.8 Å². The Balaban J connectivity index is 1.71. The van der Waals surface area contributed by atoms with Gasteiger partial charge >= 0.3 is 0 Å². The Labute approximate surface area is 205 Å². The Morgan fingerprint density at radius 3 is 2.15 bits per heavy atom. The predicted octanol–water partition coefficient (Wildman–Crippen LogP) is 4.95. The molecule has 0 saturated carbocycles. The normalized spacial score (nSPS) is 16.4. The van der Waals surface area contributed by atoms with E-state index < -0.39 is 26.1 Å². The summed E-state index contributed by atoms with van der Waals surface area (Å²) in [4.78, 5) is 0.100. The lowest BCUT2D eigenvalue weighted by Gasteiger charge is -2.23. The largest absolute Gasteiger partial charge is 0.284 e. The molecule has 1 atom stereocenters. The molecule has 0 radical (unpaired) electrons. The Hall–Kier alpha value is -2.88. The summed E-state index contributed by atoms with van der Waals surface area (Å²) in [5.41, 5.74) is 3.64. The van der Waals surface area contributed by atoms with Gasteiger partial charge in [0.2, 0.25) is 10.0 Å². The molecule has 0 fully saturated rings. The van der Waals surface area contributed by atoms with Gasteiger partial charge in [-0.2, -0.15) is 17.9 Å². The maximum atomic E-state index is 13.5. The molecule has 1 aliphatic heterocycles. The summed E-state index contributed by atoms with van der Waals surface area (Å²) in [5, 5.41) is 4.96. The molecule has 0 amide bonds. The molecule has 0 aliphatic carbocycles. The molecule has 0 bridgehead atoms. The summed E-state index contributed by atoms with van der Waals surface area (Å²) in [6.45, 7) is 3.53. The number of hydrogen-bond acceptors (Lipinski definition) is 5. The Morgan fingerprint density at radius 2 is 1.56 bits per heavy atom. The van der Waals surface area contributed by atoms with Crippen molar-refractivity contribution in [3.05, 3.63) is 94.5 Å². The average Bonchev–Trinajstić information content (AvgIpc) is 3.26. The number of sulfonamides is 2. The van der Waals surface area contributed by atoms with Crippen molar-refractivity contribution in [3.8, 4) is 0 Å². The Bertz CT molecular complexity index is 1420.